The first-order chi connectivity index (χ1) is 19.9. The quantitative estimate of drug-likeness (QED) is 0.552. The largest absolute Gasteiger partial charge is 0.491 e. The van der Waals surface area contributed by atoms with E-state index in [9.17, 15) is 9.59 Å². The van der Waals surface area contributed by atoms with E-state index in [0.29, 0.717) is 48.2 Å². The average molecular weight is 560 g/mol. The van der Waals surface area contributed by atoms with E-state index in [1.807, 2.05) is 19.2 Å². The minimum atomic E-state index is -0.218. The van der Waals surface area contributed by atoms with Crippen LogP contribution in [0.3, 0.4) is 0 Å². The summed E-state index contributed by atoms with van der Waals surface area (Å²) in [5.41, 5.74) is 3.13. The Labute approximate surface area is 241 Å². The van der Waals surface area contributed by atoms with Crippen LogP contribution in [0.25, 0.3) is 0 Å². The number of carbonyl (C=O) groups excluding carboxylic acids is 2. The molecule has 0 bridgehead atoms. The maximum Gasteiger partial charge on any atom is 0.251 e. The summed E-state index contributed by atoms with van der Waals surface area (Å²) < 4.78 is 6.05. The third kappa shape index (κ3) is 4.60. The molecule has 7 rings (SSSR count). The zero-order chi connectivity index (χ0) is 28.2. The molecule has 10 nitrogen and oxygen atoms in total. The highest BCUT2D eigenvalue weighted by atomic mass is 16.5. The fourth-order valence-corrected chi connectivity index (χ4v) is 8.09. The first-order valence-corrected chi connectivity index (χ1v) is 15.4. The molecule has 3 fully saturated rings. The van der Waals surface area contributed by atoms with Gasteiger partial charge in [-0.25, -0.2) is 4.98 Å². The molecule has 4 heterocycles. The Morgan fingerprint density at radius 2 is 1.88 bits per heavy atom. The number of aromatic nitrogens is 2. The first-order valence-electron chi connectivity index (χ1n) is 15.4. The summed E-state index contributed by atoms with van der Waals surface area (Å²) in [5, 5.41) is 6.71. The number of hydrogen-bond acceptors (Lipinski definition) is 8. The van der Waals surface area contributed by atoms with Gasteiger partial charge in [-0.2, -0.15) is 4.98 Å². The lowest BCUT2D eigenvalue weighted by atomic mass is 10.0. The molecule has 41 heavy (non-hydrogen) atoms. The first kappa shape index (κ1) is 26.5. The number of carbonyl (C=O) groups is 2. The van der Waals surface area contributed by atoms with Gasteiger partial charge < -0.3 is 30.1 Å². The van der Waals surface area contributed by atoms with Gasteiger partial charge in [-0.05, 0) is 63.1 Å². The third-order valence-electron chi connectivity index (χ3n) is 10.0. The van der Waals surface area contributed by atoms with Gasteiger partial charge >= 0.3 is 0 Å². The topological polar surface area (TPSA) is 103 Å². The average Bonchev–Trinajstić information content (AvgIpc) is 3.76. The molecule has 0 spiro atoms. The Kier molecular flexibility index (Phi) is 6.76. The van der Waals surface area contributed by atoms with Crippen LogP contribution in [0.5, 0.6) is 5.75 Å². The maximum absolute atomic E-state index is 13.4. The number of nitrogens with zero attached hydrogens (tertiary/aromatic N) is 5. The lowest BCUT2D eigenvalue weighted by Gasteiger charge is -2.43. The van der Waals surface area contributed by atoms with Crippen molar-refractivity contribution in [2.45, 2.75) is 76.4 Å². The van der Waals surface area contributed by atoms with Gasteiger partial charge in [-0.15, -0.1) is 0 Å². The van der Waals surface area contributed by atoms with Crippen LogP contribution in [0.2, 0.25) is 0 Å². The summed E-state index contributed by atoms with van der Waals surface area (Å²) in [7, 11) is 4.00. The number of likely N-dealkylation sites (N-methyl/N-ethyl adjacent to an activating group) is 1. The Morgan fingerprint density at radius 1 is 1.12 bits per heavy atom. The summed E-state index contributed by atoms with van der Waals surface area (Å²) in [6.45, 7) is 4.88. The van der Waals surface area contributed by atoms with Crippen molar-refractivity contribution in [3.63, 3.8) is 0 Å². The van der Waals surface area contributed by atoms with Crippen molar-refractivity contribution in [3.8, 4) is 5.75 Å². The summed E-state index contributed by atoms with van der Waals surface area (Å²) >= 11 is 0. The molecule has 0 unspecified atom stereocenters. The molecular formula is C31H41N7O3. The van der Waals surface area contributed by atoms with E-state index in [4.69, 9.17) is 9.72 Å². The van der Waals surface area contributed by atoms with Crippen molar-refractivity contribution in [2.24, 2.45) is 11.8 Å². The second-order valence-electron chi connectivity index (χ2n) is 12.6. The second-order valence-corrected chi connectivity index (χ2v) is 12.6. The second kappa shape index (κ2) is 10.5. The van der Waals surface area contributed by atoms with Crippen LogP contribution in [-0.2, 0) is 11.2 Å². The minimum Gasteiger partial charge on any atom is -0.491 e. The number of nitrogens with one attached hydrogen (secondary N) is 2. The Morgan fingerprint density at radius 3 is 2.61 bits per heavy atom. The number of rotatable bonds is 6. The molecular weight excluding hydrogens is 518 g/mol. The fourth-order valence-electron chi connectivity index (χ4n) is 8.09. The smallest absolute Gasteiger partial charge is 0.251 e. The predicted octanol–water partition coefficient (Wildman–Crippen LogP) is 3.73. The van der Waals surface area contributed by atoms with Crippen molar-refractivity contribution in [1.29, 1.82) is 0 Å². The highest BCUT2D eigenvalue weighted by molar-refractivity contribution is 6.04. The standard InChI is InChI=1S/C31H41N7O3/c1-4-25-30(40)37(3)26-15-32-31(35-28(26)38(25)21-7-5-6-8-21)34-24-10-9-23(22-11-12-41-27(22)24)29(39)33-20-13-18-16-36(2)17-19(18)14-20/h9-10,15,18-21,25H,4-8,11-14,16-17H2,1-3H3,(H,33,39)(H,32,34,35)/t18-,19+,20-,25-/m1/s1. The molecule has 5 aliphatic rings. The van der Waals surface area contributed by atoms with E-state index in [2.05, 4.69) is 39.4 Å². The summed E-state index contributed by atoms with van der Waals surface area (Å²) in [6.07, 6.45) is 9.79. The van der Waals surface area contributed by atoms with E-state index in [-0.39, 0.29) is 23.9 Å². The van der Waals surface area contributed by atoms with E-state index in [0.717, 1.165) is 67.9 Å². The van der Waals surface area contributed by atoms with Gasteiger partial charge in [-0.1, -0.05) is 19.8 Å². The van der Waals surface area contributed by atoms with E-state index in [1.54, 1.807) is 11.1 Å². The Bertz CT molecular complexity index is 1350. The van der Waals surface area contributed by atoms with Gasteiger partial charge in [0.25, 0.3) is 5.91 Å². The number of benzene rings is 1. The van der Waals surface area contributed by atoms with Crippen molar-refractivity contribution in [3.05, 3.63) is 29.5 Å². The molecule has 2 saturated carbocycles. The zero-order valence-electron chi connectivity index (χ0n) is 24.4. The molecule has 2 aromatic rings. The van der Waals surface area contributed by atoms with Crippen molar-refractivity contribution in [2.75, 3.05) is 48.9 Å². The molecule has 1 saturated heterocycles. The number of anilines is 4. The Hall–Kier alpha value is -3.40. The van der Waals surface area contributed by atoms with E-state index >= 15 is 0 Å². The molecule has 10 heteroatoms. The van der Waals surface area contributed by atoms with Gasteiger partial charge in [0.1, 0.15) is 17.5 Å². The Balaban J connectivity index is 1.13. The van der Waals surface area contributed by atoms with Crippen LogP contribution in [-0.4, -0.2) is 78.6 Å². The van der Waals surface area contributed by atoms with Crippen LogP contribution in [0.15, 0.2) is 18.3 Å². The highest BCUT2D eigenvalue weighted by Crippen LogP contribution is 2.42. The summed E-state index contributed by atoms with van der Waals surface area (Å²) in [4.78, 5) is 42.5. The molecule has 3 aliphatic heterocycles. The van der Waals surface area contributed by atoms with E-state index in [1.165, 1.54) is 12.8 Å². The van der Waals surface area contributed by atoms with E-state index < -0.39 is 0 Å². The molecule has 1 aromatic heterocycles. The fraction of sp³-hybridized carbons (Fsp3) is 0.613. The highest BCUT2D eigenvalue weighted by Gasteiger charge is 2.42. The molecule has 2 aliphatic carbocycles. The van der Waals surface area contributed by atoms with Crippen LogP contribution in [0.4, 0.5) is 23.1 Å². The number of fused-ring (bicyclic) bond motifs is 3. The number of likely N-dealkylation sites (tertiary alicyclic amines) is 1. The van der Waals surface area contributed by atoms with Crippen LogP contribution < -0.4 is 25.2 Å². The number of amides is 2. The van der Waals surface area contributed by atoms with Crippen molar-refractivity contribution < 1.29 is 14.3 Å². The molecule has 4 atom stereocenters. The summed E-state index contributed by atoms with van der Waals surface area (Å²) in [5.74, 6) is 3.45. The van der Waals surface area contributed by atoms with Crippen LogP contribution >= 0.6 is 0 Å². The van der Waals surface area contributed by atoms with Gasteiger partial charge in [0.05, 0.1) is 18.5 Å². The maximum atomic E-state index is 13.4. The van der Waals surface area contributed by atoms with Gasteiger partial charge in [-0.3, -0.25) is 9.59 Å². The van der Waals surface area contributed by atoms with Crippen LogP contribution in [0, 0.1) is 11.8 Å². The van der Waals surface area contributed by atoms with Gasteiger partial charge in [0.2, 0.25) is 11.9 Å². The monoisotopic (exact) mass is 559 g/mol. The van der Waals surface area contributed by atoms with Crippen LogP contribution in [0.1, 0.15) is 67.8 Å². The lowest BCUT2D eigenvalue weighted by molar-refractivity contribution is -0.120. The normalized spacial score (nSPS) is 27.5. The molecule has 1 aromatic carbocycles. The van der Waals surface area contributed by atoms with Crippen molar-refractivity contribution >= 4 is 35.0 Å². The molecule has 2 N–H and O–H groups in total. The minimum absolute atomic E-state index is 0.00724. The van der Waals surface area contributed by atoms with Gasteiger partial charge in [0, 0.05) is 49.8 Å². The number of ether oxygens (including phenoxy) is 1. The SMILES string of the molecule is CC[C@@H]1C(=O)N(C)c2cnc(Nc3ccc(C(=O)N[C@@H]4C[C@@H]5CN(C)C[C@@H]5C4)c4c3OCC4)nc2N1C1CCCC1. The summed E-state index contributed by atoms with van der Waals surface area (Å²) in [6, 6.07) is 4.14. The molecule has 218 valence electrons. The predicted molar refractivity (Wildman–Crippen MR) is 158 cm³/mol. The number of hydrogen-bond donors (Lipinski definition) is 2. The molecule has 2 amide bonds. The van der Waals surface area contributed by atoms with Gasteiger partial charge in [0.15, 0.2) is 5.82 Å². The lowest BCUT2D eigenvalue weighted by Crippen LogP contribution is -2.55. The zero-order valence-corrected chi connectivity index (χ0v) is 24.4. The van der Waals surface area contributed by atoms with Crippen molar-refractivity contribution in [1.82, 2.24) is 20.2 Å². The third-order valence-corrected chi connectivity index (χ3v) is 10.0. The molecule has 0 radical (unpaired) electrons.